The maximum absolute atomic E-state index is 12.3. The smallest absolute Gasteiger partial charge is 0.333 e. The summed E-state index contributed by atoms with van der Waals surface area (Å²) in [5.41, 5.74) is 0.186. The second-order valence-corrected chi connectivity index (χ2v) is 6.57. The number of hydrogen-bond donors (Lipinski definition) is 0. The first-order valence-corrected chi connectivity index (χ1v) is 7.13. The number of carbonyl (C=O) groups is 2. The van der Waals surface area contributed by atoms with Gasteiger partial charge >= 0.3 is 11.9 Å². The van der Waals surface area contributed by atoms with Crippen LogP contribution in [0, 0.1) is 23.2 Å². The van der Waals surface area contributed by atoms with Gasteiger partial charge < -0.3 is 9.47 Å². The molecule has 3 aliphatic carbocycles. The minimum atomic E-state index is -0.357. The van der Waals surface area contributed by atoms with E-state index in [4.69, 9.17) is 9.47 Å². The summed E-state index contributed by atoms with van der Waals surface area (Å²) in [6.07, 6.45) is 3.68. The van der Waals surface area contributed by atoms with Gasteiger partial charge in [-0.25, -0.2) is 4.79 Å². The molecule has 1 heterocycles. The molecule has 0 aromatic heterocycles. The molecule has 0 aromatic carbocycles. The van der Waals surface area contributed by atoms with Crippen LogP contribution in [0.5, 0.6) is 0 Å². The van der Waals surface area contributed by atoms with Crippen LogP contribution in [0.15, 0.2) is 12.2 Å². The minimum Gasteiger partial charge on any atom is -0.458 e. The molecule has 1 aliphatic heterocycles. The molecule has 1 saturated heterocycles. The van der Waals surface area contributed by atoms with Crippen molar-refractivity contribution in [3.63, 3.8) is 0 Å². The Labute approximate surface area is 112 Å². The first-order valence-electron chi connectivity index (χ1n) is 7.13. The maximum atomic E-state index is 12.3. The largest absolute Gasteiger partial charge is 0.458 e. The number of ether oxygens (including phenoxy) is 2. The molecule has 6 atom stereocenters. The second kappa shape index (κ2) is 3.41. The summed E-state index contributed by atoms with van der Waals surface area (Å²) < 4.78 is 11.2. The Morgan fingerprint density at radius 3 is 3.00 bits per heavy atom. The van der Waals surface area contributed by atoms with E-state index < -0.39 is 0 Å². The fraction of sp³-hybridized carbons (Fsp3) is 0.733. The Kier molecular flexibility index (Phi) is 2.06. The fourth-order valence-electron chi connectivity index (χ4n) is 5.21. The molecule has 0 aromatic rings. The number of esters is 2. The quantitative estimate of drug-likeness (QED) is 0.563. The van der Waals surface area contributed by atoms with Gasteiger partial charge in [0.05, 0.1) is 5.41 Å². The van der Waals surface area contributed by atoms with Gasteiger partial charge in [-0.3, -0.25) is 4.79 Å². The van der Waals surface area contributed by atoms with E-state index in [1.54, 1.807) is 6.92 Å². The molecule has 0 radical (unpaired) electrons. The second-order valence-electron chi connectivity index (χ2n) is 6.57. The van der Waals surface area contributed by atoms with Crippen LogP contribution in [-0.2, 0) is 19.1 Å². The zero-order valence-electron chi connectivity index (χ0n) is 11.1. The van der Waals surface area contributed by atoms with E-state index in [1.807, 2.05) is 0 Å². The lowest BCUT2D eigenvalue weighted by Gasteiger charge is -2.34. The molecule has 4 nitrogen and oxygen atoms in total. The van der Waals surface area contributed by atoms with E-state index in [1.165, 1.54) is 0 Å². The third-order valence-corrected chi connectivity index (χ3v) is 5.83. The van der Waals surface area contributed by atoms with Crippen LogP contribution in [-0.4, -0.2) is 24.1 Å². The lowest BCUT2D eigenvalue weighted by Crippen LogP contribution is -2.44. The zero-order chi connectivity index (χ0) is 13.4. The molecule has 4 aliphatic rings. The summed E-state index contributed by atoms with van der Waals surface area (Å²) in [7, 11) is 0. The molecule has 2 bridgehead atoms. The Bertz CT molecular complexity index is 492. The number of fused-ring (bicyclic) bond motifs is 2. The minimum absolute atomic E-state index is 0.0265. The first kappa shape index (κ1) is 11.5. The number of carbonyl (C=O) groups excluding carboxylic acids is 2. The molecular formula is C15H18O4. The highest BCUT2D eigenvalue weighted by atomic mass is 16.6. The van der Waals surface area contributed by atoms with Crippen LogP contribution in [0.3, 0.4) is 0 Å². The molecule has 4 heteroatoms. The normalized spacial score (nSPS) is 49.1. The van der Waals surface area contributed by atoms with Crippen LogP contribution in [0.2, 0.25) is 0 Å². The highest BCUT2D eigenvalue weighted by Gasteiger charge is 2.76. The Morgan fingerprint density at radius 1 is 1.47 bits per heavy atom. The molecule has 4 fully saturated rings. The van der Waals surface area contributed by atoms with Crippen molar-refractivity contribution >= 4 is 11.9 Å². The molecule has 0 N–H and O–H groups in total. The lowest BCUT2D eigenvalue weighted by molar-refractivity contribution is -0.158. The first-order chi connectivity index (χ1) is 9.05. The molecule has 0 amide bonds. The Balaban J connectivity index is 1.67. The van der Waals surface area contributed by atoms with E-state index in [2.05, 4.69) is 6.58 Å². The Morgan fingerprint density at radius 2 is 2.26 bits per heavy atom. The summed E-state index contributed by atoms with van der Waals surface area (Å²) in [4.78, 5) is 24.0. The summed E-state index contributed by atoms with van der Waals surface area (Å²) in [6, 6.07) is 0. The van der Waals surface area contributed by atoms with Crippen molar-refractivity contribution in [2.24, 2.45) is 23.2 Å². The van der Waals surface area contributed by atoms with Crippen molar-refractivity contribution in [1.29, 1.82) is 0 Å². The molecule has 1 spiro atoms. The van der Waals surface area contributed by atoms with Crippen molar-refractivity contribution in [3.05, 3.63) is 12.2 Å². The molecule has 19 heavy (non-hydrogen) atoms. The van der Waals surface area contributed by atoms with Crippen LogP contribution in [0.4, 0.5) is 0 Å². The van der Waals surface area contributed by atoms with Crippen LogP contribution in [0.1, 0.15) is 32.6 Å². The van der Waals surface area contributed by atoms with Crippen molar-refractivity contribution in [2.75, 3.05) is 0 Å². The maximum Gasteiger partial charge on any atom is 0.333 e. The Hall–Kier alpha value is -1.32. The standard InChI is InChI=1S/C15H18O4/c1-7(2)13(16)18-11-8-6-10-12(11)19-14(17)15(10)5-3-4-9(8)15/h8-12H,1,3-6H2,2H3. The van der Waals surface area contributed by atoms with Gasteiger partial charge in [0.2, 0.25) is 0 Å². The van der Waals surface area contributed by atoms with Gasteiger partial charge in [0.15, 0.2) is 0 Å². The monoisotopic (exact) mass is 262 g/mol. The third-order valence-electron chi connectivity index (χ3n) is 5.83. The lowest BCUT2D eigenvalue weighted by atomic mass is 9.68. The molecular weight excluding hydrogens is 244 g/mol. The van der Waals surface area contributed by atoms with Crippen molar-refractivity contribution in [1.82, 2.24) is 0 Å². The summed E-state index contributed by atoms with van der Waals surface area (Å²) in [5, 5.41) is 0. The average Bonchev–Trinajstić information content (AvgIpc) is 3.01. The van der Waals surface area contributed by atoms with E-state index in [-0.39, 0.29) is 35.5 Å². The molecule has 3 saturated carbocycles. The van der Waals surface area contributed by atoms with Gasteiger partial charge in [-0.1, -0.05) is 13.0 Å². The van der Waals surface area contributed by atoms with Gasteiger partial charge in [-0.05, 0) is 32.1 Å². The van der Waals surface area contributed by atoms with Gasteiger partial charge in [0, 0.05) is 17.4 Å². The van der Waals surface area contributed by atoms with E-state index in [0.29, 0.717) is 17.4 Å². The van der Waals surface area contributed by atoms with Crippen molar-refractivity contribution in [3.8, 4) is 0 Å². The predicted octanol–water partition coefficient (Wildman–Crippen LogP) is 1.84. The number of hydrogen-bond acceptors (Lipinski definition) is 4. The van der Waals surface area contributed by atoms with Crippen LogP contribution in [0.25, 0.3) is 0 Å². The SMILES string of the molecule is C=C(C)C(=O)OC1C2CC3C1OC(=O)C31CCCC21. The molecule has 102 valence electrons. The van der Waals surface area contributed by atoms with Gasteiger partial charge in [0.1, 0.15) is 12.2 Å². The van der Waals surface area contributed by atoms with Crippen LogP contribution < -0.4 is 0 Å². The molecule has 6 unspecified atom stereocenters. The van der Waals surface area contributed by atoms with Crippen molar-refractivity contribution < 1.29 is 19.1 Å². The van der Waals surface area contributed by atoms with E-state index in [9.17, 15) is 9.59 Å². The van der Waals surface area contributed by atoms with Crippen molar-refractivity contribution in [2.45, 2.75) is 44.8 Å². The van der Waals surface area contributed by atoms with E-state index >= 15 is 0 Å². The highest BCUT2D eigenvalue weighted by Crippen LogP contribution is 2.70. The summed E-state index contributed by atoms with van der Waals surface area (Å²) >= 11 is 0. The van der Waals surface area contributed by atoms with E-state index in [0.717, 1.165) is 25.7 Å². The molecule has 4 rings (SSSR count). The predicted molar refractivity (Wildman–Crippen MR) is 65.9 cm³/mol. The van der Waals surface area contributed by atoms with Gasteiger partial charge in [0.25, 0.3) is 0 Å². The van der Waals surface area contributed by atoms with Gasteiger partial charge in [-0.15, -0.1) is 0 Å². The summed E-state index contributed by atoms with van der Waals surface area (Å²) in [5.74, 6) is 0.574. The zero-order valence-corrected chi connectivity index (χ0v) is 11.1. The number of rotatable bonds is 2. The summed E-state index contributed by atoms with van der Waals surface area (Å²) in [6.45, 7) is 5.27. The highest BCUT2D eigenvalue weighted by molar-refractivity contribution is 5.87. The third kappa shape index (κ3) is 1.16. The average molecular weight is 262 g/mol. The van der Waals surface area contributed by atoms with Gasteiger partial charge in [-0.2, -0.15) is 0 Å². The fourth-order valence-corrected chi connectivity index (χ4v) is 5.21. The van der Waals surface area contributed by atoms with Crippen LogP contribution >= 0.6 is 0 Å². The topological polar surface area (TPSA) is 52.6 Å².